The summed E-state index contributed by atoms with van der Waals surface area (Å²) in [5, 5.41) is 32.6. The molecule has 6 rings (SSSR count). The zero-order chi connectivity index (χ0) is 47.4. The molecule has 1 fully saturated rings. The maximum atomic E-state index is 14.9. The number of ether oxygens (including phenoxy) is 1. The Bertz CT molecular complexity index is 2400. The van der Waals surface area contributed by atoms with E-state index in [0.29, 0.717) is 76.1 Å². The quantitative estimate of drug-likeness (QED) is 0.0589. The number of fused-ring (bicyclic) bond motifs is 3. The Balaban J connectivity index is 1.30. The lowest BCUT2D eigenvalue weighted by Crippen LogP contribution is -2.58. The second-order valence-electron chi connectivity index (χ2n) is 17.0. The highest BCUT2D eigenvalue weighted by molar-refractivity contribution is 5.97. The van der Waals surface area contributed by atoms with Crippen LogP contribution < -0.4 is 32.3 Å². The molecule has 8 N–H and O–H groups in total. The number of hydrogen-bond donors (Lipinski definition) is 7. The summed E-state index contributed by atoms with van der Waals surface area (Å²) in [5.41, 5.74) is 10.5. The molecule has 4 aromatic rings. The Labute approximate surface area is 392 Å². The highest BCUT2D eigenvalue weighted by Crippen LogP contribution is 2.35. The monoisotopic (exact) mass is 907 g/mol. The van der Waals surface area contributed by atoms with E-state index in [1.165, 1.54) is 6.08 Å². The van der Waals surface area contributed by atoms with E-state index in [4.69, 9.17) is 21.1 Å². The van der Waals surface area contributed by atoms with Crippen LogP contribution in [0, 0.1) is 22.2 Å². The van der Waals surface area contributed by atoms with E-state index in [1.807, 2.05) is 103 Å². The minimum absolute atomic E-state index is 0.0356. The highest BCUT2D eigenvalue weighted by Gasteiger charge is 2.44. The number of nitriles is 1. The summed E-state index contributed by atoms with van der Waals surface area (Å²) in [6.45, 7) is 1.94. The summed E-state index contributed by atoms with van der Waals surface area (Å²) >= 11 is 0. The Morgan fingerprint density at radius 3 is 2.25 bits per heavy atom. The van der Waals surface area contributed by atoms with Gasteiger partial charge in [-0.25, -0.2) is 0 Å². The minimum Gasteiger partial charge on any atom is -0.378 e. The molecule has 5 amide bonds. The van der Waals surface area contributed by atoms with Gasteiger partial charge in [0.25, 0.3) is 0 Å². The van der Waals surface area contributed by atoms with Gasteiger partial charge in [-0.15, -0.1) is 0 Å². The molecule has 0 radical (unpaired) electrons. The first-order chi connectivity index (χ1) is 32.6. The summed E-state index contributed by atoms with van der Waals surface area (Å²) in [6.07, 6.45) is 5.06. The average Bonchev–Trinajstić information content (AvgIpc) is 3.34. The van der Waals surface area contributed by atoms with Gasteiger partial charge in [0.2, 0.25) is 29.5 Å². The number of piperidine rings is 1. The summed E-state index contributed by atoms with van der Waals surface area (Å²) in [6, 6.07) is 33.1. The minimum atomic E-state index is -1.10. The molecule has 4 aromatic carbocycles. The number of benzene rings is 4. The molecule has 350 valence electrons. The number of nitrogens with zero attached hydrogens (tertiary/aromatic N) is 2. The lowest BCUT2D eigenvalue weighted by atomic mass is 9.74. The number of rotatable bonds is 13. The molecule has 0 aromatic heterocycles. The lowest BCUT2D eigenvalue weighted by Gasteiger charge is -2.42. The van der Waals surface area contributed by atoms with Gasteiger partial charge >= 0.3 is 0 Å². The fourth-order valence-electron chi connectivity index (χ4n) is 8.50. The molecule has 2 bridgehead atoms. The second kappa shape index (κ2) is 24.9. The van der Waals surface area contributed by atoms with E-state index in [9.17, 15) is 24.0 Å². The van der Waals surface area contributed by atoms with Gasteiger partial charge in [-0.2, -0.15) is 5.26 Å². The molecule has 15 nitrogen and oxygen atoms in total. The van der Waals surface area contributed by atoms with E-state index >= 15 is 0 Å². The third kappa shape index (κ3) is 14.7. The molecule has 2 aliphatic heterocycles. The molecule has 2 aliphatic rings. The van der Waals surface area contributed by atoms with Crippen molar-refractivity contribution in [3.8, 4) is 17.2 Å². The number of carbonyl (C=O) groups excluding carboxylic acids is 5. The van der Waals surface area contributed by atoms with Crippen molar-refractivity contribution in [2.45, 2.75) is 70.0 Å². The van der Waals surface area contributed by atoms with Gasteiger partial charge in [0.15, 0.2) is 0 Å². The van der Waals surface area contributed by atoms with Crippen LogP contribution in [0.15, 0.2) is 115 Å². The predicted molar refractivity (Wildman–Crippen MR) is 256 cm³/mol. The number of aryl methyl sites for hydroxylation is 1. The van der Waals surface area contributed by atoms with Gasteiger partial charge in [-0.3, -0.25) is 29.4 Å². The van der Waals surface area contributed by atoms with Gasteiger partial charge in [-0.1, -0.05) is 103 Å². The van der Waals surface area contributed by atoms with Crippen LogP contribution in [0.25, 0.3) is 11.1 Å². The van der Waals surface area contributed by atoms with Crippen molar-refractivity contribution in [1.82, 2.24) is 31.5 Å². The maximum Gasteiger partial charge on any atom is 0.246 e. The van der Waals surface area contributed by atoms with Crippen LogP contribution >= 0.6 is 0 Å². The smallest absolute Gasteiger partial charge is 0.246 e. The number of nitrogens with one attached hydrogen (secondary N) is 6. The number of amidine groups is 1. The Hall–Kier alpha value is -7.15. The fraction of sp³-hybridized carbons (Fsp3) is 0.365. The summed E-state index contributed by atoms with van der Waals surface area (Å²) in [4.78, 5) is 71.5. The van der Waals surface area contributed by atoms with Crippen molar-refractivity contribution in [3.05, 3.63) is 143 Å². The van der Waals surface area contributed by atoms with E-state index in [0.717, 1.165) is 33.9 Å². The molecule has 0 saturated carbocycles. The first kappa shape index (κ1) is 49.3. The molecule has 1 saturated heterocycles. The molecule has 3 atom stereocenters. The number of nitrogens with two attached hydrogens (primary N) is 1. The normalized spacial score (nSPS) is 20.3. The largest absolute Gasteiger partial charge is 0.378 e. The molecular weight excluding hydrogens is 847 g/mol. The van der Waals surface area contributed by atoms with E-state index in [-0.39, 0.29) is 56.5 Å². The molecule has 0 aliphatic carbocycles. The SMILES string of the molecule is N#CCCc1ccc(-c2ccc(C[C@@H]3NC(=O)[C@]4(Cc5ccccc5)CCCN(C4)C(=O)/C=C/C(=O)NCC[C@@H](C(=N)NCCOCCN)NC(=O)Cc4ccccc4CNC3=O)cc2)cc1. The first-order valence-corrected chi connectivity index (χ1v) is 22.9. The van der Waals surface area contributed by atoms with Gasteiger partial charge in [0.1, 0.15) is 11.9 Å². The molecular formula is C52H61N9O6. The van der Waals surface area contributed by atoms with Gasteiger partial charge < -0.3 is 42.0 Å². The topological polar surface area (TPSA) is 232 Å². The van der Waals surface area contributed by atoms with E-state index < -0.39 is 35.2 Å². The van der Waals surface area contributed by atoms with Gasteiger partial charge in [0, 0.05) is 64.3 Å². The standard InChI is InChI=1S/C52H61N9O6/c53-25-6-10-37-13-17-40(18-14-37)41-19-15-38(16-20-41)32-45-50(65)58-35-43-12-5-4-11-42(43)33-47(63)59-44(49(55)57-28-31-67-30-26-54)23-27-56-46(62)21-22-48(64)61-29-7-24-52(36-61,51(66)60-45)34-39-8-2-1-3-9-39/h1-5,8-9,11-22,44-45H,6-7,10,23-24,26-36,54H2,(H2,55,57)(H,56,62)(H,58,65)(H,59,63)(H,60,66)/b22-21+/t44-,45-,52-/m0/s1. The Morgan fingerprint density at radius 2 is 1.54 bits per heavy atom. The number of hydrogen-bond acceptors (Lipinski definition) is 9. The van der Waals surface area contributed by atoms with Crippen molar-refractivity contribution in [3.63, 3.8) is 0 Å². The van der Waals surface area contributed by atoms with E-state index in [1.54, 1.807) is 4.90 Å². The van der Waals surface area contributed by atoms with Crippen molar-refractivity contribution < 1.29 is 28.7 Å². The summed E-state index contributed by atoms with van der Waals surface area (Å²) in [7, 11) is 0. The van der Waals surface area contributed by atoms with Crippen LogP contribution in [0.3, 0.4) is 0 Å². The van der Waals surface area contributed by atoms with Crippen molar-refractivity contribution >= 4 is 35.4 Å². The van der Waals surface area contributed by atoms with E-state index in [2.05, 4.69) is 32.7 Å². The van der Waals surface area contributed by atoms with Crippen LogP contribution in [0.4, 0.5) is 0 Å². The summed E-state index contributed by atoms with van der Waals surface area (Å²) < 4.78 is 5.43. The van der Waals surface area contributed by atoms with Crippen LogP contribution in [-0.4, -0.2) is 98.3 Å². The molecule has 67 heavy (non-hydrogen) atoms. The van der Waals surface area contributed by atoms with Crippen LogP contribution in [0.2, 0.25) is 0 Å². The second-order valence-corrected chi connectivity index (χ2v) is 17.0. The predicted octanol–water partition coefficient (Wildman–Crippen LogP) is 3.65. The summed E-state index contributed by atoms with van der Waals surface area (Å²) in [5.74, 6) is -2.08. The van der Waals surface area contributed by atoms with Crippen molar-refractivity contribution in [1.29, 1.82) is 10.7 Å². The maximum absolute atomic E-state index is 14.9. The molecule has 2 heterocycles. The zero-order valence-electron chi connectivity index (χ0n) is 37.9. The van der Waals surface area contributed by atoms with Gasteiger partial charge in [-0.05, 0) is 71.0 Å². The Morgan fingerprint density at radius 1 is 0.836 bits per heavy atom. The molecule has 15 heteroatoms. The third-order valence-corrected chi connectivity index (χ3v) is 12.1. The average molecular weight is 908 g/mol. The molecule has 0 unspecified atom stereocenters. The highest BCUT2D eigenvalue weighted by atomic mass is 16.5. The lowest BCUT2D eigenvalue weighted by molar-refractivity contribution is -0.141. The number of amides is 5. The zero-order valence-corrected chi connectivity index (χ0v) is 37.9. The van der Waals surface area contributed by atoms with Crippen molar-refractivity contribution in [2.75, 3.05) is 45.9 Å². The molecule has 0 spiro atoms. The van der Waals surface area contributed by atoms with Crippen LogP contribution in [-0.2, 0) is 60.9 Å². The van der Waals surface area contributed by atoms with Crippen LogP contribution in [0.5, 0.6) is 0 Å². The first-order valence-electron chi connectivity index (χ1n) is 22.9. The number of carbonyl (C=O) groups is 5. The van der Waals surface area contributed by atoms with Crippen LogP contribution in [0.1, 0.15) is 53.5 Å². The fourth-order valence-corrected chi connectivity index (χ4v) is 8.50. The Kier molecular flexibility index (Phi) is 18.4. The van der Waals surface area contributed by atoms with Crippen molar-refractivity contribution in [2.24, 2.45) is 11.1 Å². The third-order valence-electron chi connectivity index (χ3n) is 12.1. The van der Waals surface area contributed by atoms with Gasteiger partial charge in [0.05, 0.1) is 37.2 Å².